The van der Waals surface area contributed by atoms with Crippen molar-refractivity contribution in [3.8, 4) is 0 Å². The fraction of sp³-hybridized carbons (Fsp3) is 0.471. The first-order chi connectivity index (χ1) is 9.52. The smallest absolute Gasteiger partial charge is 0.223 e. The van der Waals surface area contributed by atoms with Crippen LogP contribution in [0.3, 0.4) is 0 Å². The van der Waals surface area contributed by atoms with Crippen molar-refractivity contribution < 1.29 is 9.21 Å². The second-order valence-corrected chi connectivity index (χ2v) is 5.64. The molecule has 3 heteroatoms. The molecule has 0 spiro atoms. The molecule has 0 radical (unpaired) electrons. The van der Waals surface area contributed by atoms with Crippen molar-refractivity contribution in [3.63, 3.8) is 0 Å². The Kier molecular flexibility index (Phi) is 4.48. The van der Waals surface area contributed by atoms with Gasteiger partial charge in [0.2, 0.25) is 5.91 Å². The molecular weight excluding hydrogens is 250 g/mol. The van der Waals surface area contributed by atoms with Crippen LogP contribution >= 0.6 is 0 Å². The van der Waals surface area contributed by atoms with E-state index in [0.717, 1.165) is 16.7 Å². The number of benzene rings is 1. The molecule has 108 valence electrons. The lowest BCUT2D eigenvalue weighted by Gasteiger charge is -2.27. The van der Waals surface area contributed by atoms with Crippen LogP contribution in [0.25, 0.3) is 11.0 Å². The SMILES string of the molecule is CCN(C(=O)CC(C)C)C(C)c1cc2ccccc2o1. The molecule has 3 nitrogen and oxygen atoms in total. The van der Waals surface area contributed by atoms with Crippen molar-refractivity contribution in [2.45, 2.75) is 40.2 Å². The van der Waals surface area contributed by atoms with E-state index < -0.39 is 0 Å². The highest BCUT2D eigenvalue weighted by atomic mass is 16.3. The van der Waals surface area contributed by atoms with Crippen molar-refractivity contribution in [1.82, 2.24) is 4.90 Å². The lowest BCUT2D eigenvalue weighted by atomic mass is 10.1. The standard InChI is InChI=1S/C17H23NO2/c1-5-18(17(19)10-12(2)3)13(4)16-11-14-8-6-7-9-15(14)20-16/h6-9,11-13H,5,10H2,1-4H3. The van der Waals surface area contributed by atoms with Gasteiger partial charge in [0.25, 0.3) is 0 Å². The summed E-state index contributed by atoms with van der Waals surface area (Å²) < 4.78 is 5.87. The van der Waals surface area contributed by atoms with E-state index in [4.69, 9.17) is 4.42 Å². The van der Waals surface area contributed by atoms with Gasteiger partial charge in [-0.25, -0.2) is 0 Å². The molecule has 0 saturated carbocycles. The number of amides is 1. The van der Waals surface area contributed by atoms with E-state index in [1.54, 1.807) is 0 Å². The fourth-order valence-electron chi connectivity index (χ4n) is 2.49. The minimum Gasteiger partial charge on any atom is -0.459 e. The first-order valence-electron chi connectivity index (χ1n) is 7.30. The molecule has 2 aromatic rings. The monoisotopic (exact) mass is 273 g/mol. The summed E-state index contributed by atoms with van der Waals surface area (Å²) in [4.78, 5) is 14.2. The van der Waals surface area contributed by atoms with Gasteiger partial charge in [-0.1, -0.05) is 32.0 Å². The second-order valence-electron chi connectivity index (χ2n) is 5.64. The van der Waals surface area contributed by atoms with Crippen LogP contribution in [0, 0.1) is 5.92 Å². The quantitative estimate of drug-likeness (QED) is 0.809. The van der Waals surface area contributed by atoms with Crippen LogP contribution in [0.5, 0.6) is 0 Å². The van der Waals surface area contributed by atoms with Crippen LogP contribution in [-0.4, -0.2) is 17.4 Å². The molecule has 1 unspecified atom stereocenters. The molecule has 0 aliphatic rings. The molecule has 1 heterocycles. The first kappa shape index (κ1) is 14.6. The van der Waals surface area contributed by atoms with Crippen molar-refractivity contribution in [3.05, 3.63) is 36.1 Å². The molecule has 0 bridgehead atoms. The largest absolute Gasteiger partial charge is 0.459 e. The van der Waals surface area contributed by atoms with Crippen LogP contribution in [0.2, 0.25) is 0 Å². The molecular formula is C17H23NO2. The molecule has 0 fully saturated rings. The zero-order valence-electron chi connectivity index (χ0n) is 12.7. The Bertz CT molecular complexity index is 552. The Morgan fingerprint density at radius 1 is 1.25 bits per heavy atom. The van der Waals surface area contributed by atoms with Gasteiger partial charge in [0.05, 0.1) is 6.04 Å². The van der Waals surface area contributed by atoms with Crippen LogP contribution < -0.4 is 0 Å². The number of nitrogens with zero attached hydrogens (tertiary/aromatic N) is 1. The predicted octanol–water partition coefficient (Wildman–Crippen LogP) is 4.39. The van der Waals surface area contributed by atoms with Crippen molar-refractivity contribution in [2.75, 3.05) is 6.54 Å². The van der Waals surface area contributed by atoms with E-state index in [0.29, 0.717) is 18.9 Å². The molecule has 1 amide bonds. The van der Waals surface area contributed by atoms with E-state index in [1.807, 2.05) is 49.1 Å². The van der Waals surface area contributed by atoms with Gasteiger partial charge in [-0.15, -0.1) is 0 Å². The molecule has 2 rings (SSSR count). The summed E-state index contributed by atoms with van der Waals surface area (Å²) in [6.45, 7) is 8.87. The highest BCUT2D eigenvalue weighted by Gasteiger charge is 2.23. The van der Waals surface area contributed by atoms with Crippen LogP contribution in [0.1, 0.15) is 45.9 Å². The number of carbonyl (C=O) groups is 1. The number of hydrogen-bond donors (Lipinski definition) is 0. The summed E-state index contributed by atoms with van der Waals surface area (Å²) in [6.07, 6.45) is 0.582. The van der Waals surface area contributed by atoms with Crippen molar-refractivity contribution in [1.29, 1.82) is 0 Å². The minimum atomic E-state index is -0.0290. The Balaban J connectivity index is 2.23. The van der Waals surface area contributed by atoms with E-state index in [9.17, 15) is 4.79 Å². The topological polar surface area (TPSA) is 33.5 Å². The zero-order chi connectivity index (χ0) is 14.7. The third kappa shape index (κ3) is 3.03. The van der Waals surface area contributed by atoms with Gasteiger partial charge in [-0.3, -0.25) is 4.79 Å². The highest BCUT2D eigenvalue weighted by molar-refractivity contribution is 5.79. The average molecular weight is 273 g/mol. The van der Waals surface area contributed by atoms with Gasteiger partial charge in [0, 0.05) is 18.4 Å². The highest BCUT2D eigenvalue weighted by Crippen LogP contribution is 2.28. The fourth-order valence-corrected chi connectivity index (χ4v) is 2.49. The lowest BCUT2D eigenvalue weighted by Crippen LogP contribution is -2.33. The molecule has 20 heavy (non-hydrogen) atoms. The maximum atomic E-state index is 12.3. The third-order valence-electron chi connectivity index (χ3n) is 3.57. The zero-order valence-corrected chi connectivity index (χ0v) is 12.7. The molecule has 1 aromatic carbocycles. The Morgan fingerprint density at radius 2 is 1.95 bits per heavy atom. The maximum absolute atomic E-state index is 12.3. The molecule has 1 aromatic heterocycles. The van der Waals surface area contributed by atoms with Crippen molar-refractivity contribution >= 4 is 16.9 Å². The van der Waals surface area contributed by atoms with Gasteiger partial charge < -0.3 is 9.32 Å². The molecule has 0 aliphatic heterocycles. The molecule has 0 saturated heterocycles. The Labute approximate surface area is 120 Å². The van der Waals surface area contributed by atoms with E-state index >= 15 is 0 Å². The average Bonchev–Trinajstić information content (AvgIpc) is 2.82. The second kappa shape index (κ2) is 6.12. The number of fused-ring (bicyclic) bond motifs is 1. The summed E-state index contributed by atoms with van der Waals surface area (Å²) in [7, 11) is 0. The van der Waals surface area contributed by atoms with E-state index in [-0.39, 0.29) is 11.9 Å². The molecule has 1 atom stereocenters. The summed E-state index contributed by atoms with van der Waals surface area (Å²) in [6, 6.07) is 9.94. The maximum Gasteiger partial charge on any atom is 0.223 e. The summed E-state index contributed by atoms with van der Waals surface area (Å²) in [5, 5.41) is 1.08. The van der Waals surface area contributed by atoms with Crippen LogP contribution in [0.4, 0.5) is 0 Å². The number of carbonyl (C=O) groups excluding carboxylic acids is 1. The third-order valence-corrected chi connectivity index (χ3v) is 3.57. The van der Waals surface area contributed by atoms with Gasteiger partial charge in [0.15, 0.2) is 0 Å². The summed E-state index contributed by atoms with van der Waals surface area (Å²) in [5.41, 5.74) is 0.877. The Hall–Kier alpha value is -1.77. The van der Waals surface area contributed by atoms with Crippen LogP contribution in [-0.2, 0) is 4.79 Å². The van der Waals surface area contributed by atoms with Gasteiger partial charge in [-0.05, 0) is 31.9 Å². The first-order valence-corrected chi connectivity index (χ1v) is 7.30. The van der Waals surface area contributed by atoms with Crippen molar-refractivity contribution in [2.24, 2.45) is 5.92 Å². The number of hydrogen-bond acceptors (Lipinski definition) is 2. The van der Waals surface area contributed by atoms with E-state index in [1.165, 1.54) is 0 Å². The lowest BCUT2D eigenvalue weighted by molar-refractivity contribution is -0.134. The Morgan fingerprint density at radius 3 is 2.55 bits per heavy atom. The summed E-state index contributed by atoms with van der Waals surface area (Å²) >= 11 is 0. The van der Waals surface area contributed by atoms with Gasteiger partial charge in [-0.2, -0.15) is 0 Å². The number of rotatable bonds is 5. The van der Waals surface area contributed by atoms with Gasteiger partial charge in [0.1, 0.15) is 11.3 Å². The predicted molar refractivity (Wildman–Crippen MR) is 81.5 cm³/mol. The summed E-state index contributed by atoms with van der Waals surface area (Å²) in [5.74, 6) is 1.42. The molecule has 0 N–H and O–H groups in total. The molecule has 0 aliphatic carbocycles. The minimum absolute atomic E-state index is 0.0290. The number of furan rings is 1. The van der Waals surface area contributed by atoms with Gasteiger partial charge >= 0.3 is 0 Å². The normalized spacial score (nSPS) is 12.8. The van der Waals surface area contributed by atoms with E-state index in [2.05, 4.69) is 13.8 Å². The van der Waals surface area contributed by atoms with Crippen LogP contribution in [0.15, 0.2) is 34.7 Å². The number of para-hydroxylation sites is 1.